The van der Waals surface area contributed by atoms with Gasteiger partial charge in [-0.15, -0.1) is 11.3 Å². The maximum absolute atomic E-state index is 12.5. The lowest BCUT2D eigenvalue weighted by atomic mass is 9.98. The molecule has 1 aliphatic rings. The molecular formula is C26H27N3O5S. The maximum atomic E-state index is 12.5. The van der Waals surface area contributed by atoms with Crippen molar-refractivity contribution in [1.82, 2.24) is 15.2 Å². The summed E-state index contributed by atoms with van der Waals surface area (Å²) in [4.78, 5) is 41.3. The van der Waals surface area contributed by atoms with Crippen LogP contribution in [0.15, 0.2) is 53.9 Å². The highest BCUT2D eigenvalue weighted by atomic mass is 32.1. The first-order valence-electron chi connectivity index (χ1n) is 11.4. The fraction of sp³-hybridized carbons (Fsp3) is 0.308. The first-order valence-corrected chi connectivity index (χ1v) is 12.3. The predicted octanol–water partition coefficient (Wildman–Crippen LogP) is 4.51. The molecule has 0 unspecified atom stereocenters. The number of nitrogens with zero attached hydrogens (tertiary/aromatic N) is 2. The maximum Gasteiger partial charge on any atom is 0.407 e. The zero-order valence-electron chi connectivity index (χ0n) is 19.4. The summed E-state index contributed by atoms with van der Waals surface area (Å²) < 4.78 is 5.54. The van der Waals surface area contributed by atoms with Crippen LogP contribution in [-0.2, 0) is 16.1 Å². The number of aromatic nitrogens is 1. The normalized spacial score (nSPS) is 12.0. The van der Waals surface area contributed by atoms with Crippen LogP contribution in [-0.4, -0.2) is 53.2 Å². The van der Waals surface area contributed by atoms with Crippen molar-refractivity contribution < 1.29 is 24.2 Å². The number of benzene rings is 2. The second-order valence-corrected chi connectivity index (χ2v) is 9.33. The van der Waals surface area contributed by atoms with Gasteiger partial charge in [-0.1, -0.05) is 48.5 Å². The van der Waals surface area contributed by atoms with Crippen molar-refractivity contribution in [2.45, 2.75) is 31.7 Å². The molecule has 0 saturated carbocycles. The van der Waals surface area contributed by atoms with Gasteiger partial charge in [0, 0.05) is 31.3 Å². The third kappa shape index (κ3) is 5.86. The highest BCUT2D eigenvalue weighted by Gasteiger charge is 2.29. The second-order valence-electron chi connectivity index (χ2n) is 8.38. The summed E-state index contributed by atoms with van der Waals surface area (Å²) in [7, 11) is 1.66. The first kappa shape index (κ1) is 24.4. The molecule has 0 fully saturated rings. The van der Waals surface area contributed by atoms with E-state index in [4.69, 9.17) is 9.84 Å². The van der Waals surface area contributed by atoms with Crippen LogP contribution in [0.2, 0.25) is 0 Å². The fourth-order valence-corrected chi connectivity index (χ4v) is 4.92. The number of carbonyl (C=O) groups excluding carboxylic acids is 2. The quantitative estimate of drug-likeness (QED) is 0.402. The molecule has 1 heterocycles. The summed E-state index contributed by atoms with van der Waals surface area (Å²) in [6.45, 7) is 0.849. The molecule has 0 bridgehead atoms. The Morgan fingerprint density at radius 2 is 1.71 bits per heavy atom. The van der Waals surface area contributed by atoms with Gasteiger partial charge in [0.25, 0.3) is 5.91 Å². The number of ether oxygens (including phenoxy) is 1. The van der Waals surface area contributed by atoms with Gasteiger partial charge < -0.3 is 20.1 Å². The molecule has 0 spiro atoms. The third-order valence-corrected chi connectivity index (χ3v) is 6.83. The van der Waals surface area contributed by atoms with Crippen LogP contribution < -0.4 is 5.32 Å². The Bertz CT molecular complexity index is 1180. The van der Waals surface area contributed by atoms with Crippen LogP contribution in [0.3, 0.4) is 0 Å². The van der Waals surface area contributed by atoms with E-state index in [1.807, 2.05) is 24.3 Å². The van der Waals surface area contributed by atoms with E-state index in [0.29, 0.717) is 30.1 Å². The average Bonchev–Trinajstić information content (AvgIpc) is 3.46. The van der Waals surface area contributed by atoms with Crippen molar-refractivity contribution >= 4 is 29.3 Å². The lowest BCUT2D eigenvalue weighted by Crippen LogP contribution is -2.28. The smallest absolute Gasteiger partial charge is 0.407 e. The highest BCUT2D eigenvalue weighted by molar-refractivity contribution is 7.09. The number of carboxylic acid groups (broad SMARTS) is 1. The van der Waals surface area contributed by atoms with Crippen molar-refractivity contribution in [1.29, 1.82) is 0 Å². The largest absolute Gasteiger partial charge is 0.481 e. The van der Waals surface area contributed by atoms with Gasteiger partial charge in [-0.05, 0) is 35.1 Å². The Morgan fingerprint density at radius 1 is 1.06 bits per heavy atom. The molecule has 3 aromatic rings. The Kier molecular flexibility index (Phi) is 7.77. The van der Waals surface area contributed by atoms with E-state index in [0.717, 1.165) is 11.1 Å². The van der Waals surface area contributed by atoms with E-state index in [2.05, 4.69) is 34.6 Å². The number of thiazole rings is 1. The number of fused-ring (bicyclic) bond motifs is 3. The standard InChI is InChI=1S/C26H27N3O5S/c1-29(13-7-6-12-24(30)31)25(32)22-16-35-23(28-22)14-27-26(33)34-15-21-19-10-4-2-8-17(19)18-9-3-5-11-20(18)21/h2-5,8-11,16,21H,6-7,12-15H2,1H3,(H,27,33)(H,30,31). The number of carboxylic acids is 1. The van der Waals surface area contributed by atoms with E-state index < -0.39 is 12.1 Å². The molecule has 182 valence electrons. The van der Waals surface area contributed by atoms with Gasteiger partial charge in [0.15, 0.2) is 0 Å². The molecular weight excluding hydrogens is 466 g/mol. The van der Waals surface area contributed by atoms with E-state index in [1.54, 1.807) is 12.4 Å². The summed E-state index contributed by atoms with van der Waals surface area (Å²) in [6.07, 6.45) is 0.670. The van der Waals surface area contributed by atoms with Gasteiger partial charge >= 0.3 is 12.1 Å². The molecule has 0 atom stereocenters. The van der Waals surface area contributed by atoms with Crippen molar-refractivity contribution in [2.75, 3.05) is 20.2 Å². The van der Waals surface area contributed by atoms with E-state index in [9.17, 15) is 14.4 Å². The second kappa shape index (κ2) is 11.1. The van der Waals surface area contributed by atoms with E-state index >= 15 is 0 Å². The van der Waals surface area contributed by atoms with Crippen molar-refractivity contribution in [3.63, 3.8) is 0 Å². The van der Waals surface area contributed by atoms with Crippen LogP contribution in [0, 0.1) is 0 Å². The number of alkyl carbamates (subject to hydrolysis) is 1. The number of hydrogen-bond donors (Lipinski definition) is 2. The fourth-order valence-electron chi connectivity index (χ4n) is 4.21. The molecule has 2 amide bonds. The minimum atomic E-state index is -0.841. The van der Waals surface area contributed by atoms with Gasteiger partial charge in [0.2, 0.25) is 0 Å². The van der Waals surface area contributed by atoms with Crippen molar-refractivity contribution in [3.8, 4) is 11.1 Å². The van der Waals surface area contributed by atoms with Gasteiger partial charge in [0.1, 0.15) is 17.3 Å². The number of aliphatic carboxylic acids is 1. The van der Waals surface area contributed by atoms with Gasteiger partial charge in [-0.2, -0.15) is 0 Å². The van der Waals surface area contributed by atoms with Gasteiger partial charge in [0.05, 0.1) is 6.54 Å². The monoisotopic (exact) mass is 493 g/mol. The molecule has 0 saturated heterocycles. The Balaban J connectivity index is 1.26. The third-order valence-electron chi connectivity index (χ3n) is 5.98. The number of amides is 2. The minimum Gasteiger partial charge on any atom is -0.481 e. The highest BCUT2D eigenvalue weighted by Crippen LogP contribution is 2.44. The molecule has 2 aromatic carbocycles. The lowest BCUT2D eigenvalue weighted by molar-refractivity contribution is -0.137. The number of hydrogen-bond acceptors (Lipinski definition) is 6. The molecule has 8 nitrogen and oxygen atoms in total. The predicted molar refractivity (Wildman–Crippen MR) is 132 cm³/mol. The van der Waals surface area contributed by atoms with Gasteiger partial charge in [-0.3, -0.25) is 9.59 Å². The molecule has 2 N–H and O–H groups in total. The van der Waals surface area contributed by atoms with Crippen LogP contribution in [0.5, 0.6) is 0 Å². The van der Waals surface area contributed by atoms with E-state index in [-0.39, 0.29) is 31.4 Å². The molecule has 4 rings (SSSR count). The summed E-state index contributed by atoms with van der Waals surface area (Å²) in [5.74, 6) is -1.08. The molecule has 9 heteroatoms. The summed E-state index contributed by atoms with van der Waals surface area (Å²) in [6, 6.07) is 16.3. The van der Waals surface area contributed by atoms with Crippen LogP contribution in [0.4, 0.5) is 4.79 Å². The zero-order chi connectivity index (χ0) is 24.8. The minimum absolute atomic E-state index is 0.0109. The average molecular weight is 494 g/mol. The molecule has 0 aliphatic heterocycles. The van der Waals surface area contributed by atoms with Gasteiger partial charge in [-0.25, -0.2) is 9.78 Å². The SMILES string of the molecule is CN(CCCCC(=O)O)C(=O)c1csc(CNC(=O)OCC2c3ccccc3-c3ccccc32)n1. The summed E-state index contributed by atoms with van der Waals surface area (Å²) >= 11 is 1.29. The van der Waals surface area contributed by atoms with E-state index in [1.165, 1.54) is 27.4 Å². The number of carbonyl (C=O) groups is 3. The Labute approximate surface area is 207 Å². The van der Waals surface area contributed by atoms with Crippen LogP contribution in [0.1, 0.15) is 51.8 Å². The van der Waals surface area contributed by atoms with Crippen LogP contribution in [0.25, 0.3) is 11.1 Å². The Hall–Kier alpha value is -3.72. The molecule has 0 radical (unpaired) electrons. The van der Waals surface area contributed by atoms with Crippen molar-refractivity contribution in [3.05, 3.63) is 75.7 Å². The number of unbranched alkanes of at least 4 members (excludes halogenated alkanes) is 1. The lowest BCUT2D eigenvalue weighted by Gasteiger charge is -2.15. The number of nitrogens with one attached hydrogen (secondary N) is 1. The van der Waals surface area contributed by atoms with Crippen molar-refractivity contribution in [2.24, 2.45) is 0 Å². The van der Waals surface area contributed by atoms with Crippen LogP contribution >= 0.6 is 11.3 Å². The molecule has 1 aliphatic carbocycles. The first-order chi connectivity index (χ1) is 16.9. The number of rotatable bonds is 10. The molecule has 1 aromatic heterocycles. The molecule has 35 heavy (non-hydrogen) atoms. The summed E-state index contributed by atoms with van der Waals surface area (Å²) in [5, 5.41) is 13.7. The zero-order valence-corrected chi connectivity index (χ0v) is 20.2. The Morgan fingerprint density at radius 3 is 2.37 bits per heavy atom. The topological polar surface area (TPSA) is 109 Å². The summed E-state index contributed by atoms with van der Waals surface area (Å²) in [5.41, 5.74) is 4.95.